The number of carboxylic acid groups (broad SMARTS) is 1. The first-order valence-electron chi connectivity index (χ1n) is 8.59. The zero-order chi connectivity index (χ0) is 21.5. The smallest absolute Gasteiger partial charge is 0.548 e. The van der Waals surface area contributed by atoms with Crippen LogP contribution >= 0.6 is 0 Å². The Labute approximate surface area is 216 Å². The molecule has 0 aliphatic rings. The molecule has 0 saturated carbocycles. The molecular formula is C21H22FKO7. The first-order valence-corrected chi connectivity index (χ1v) is 8.59. The molecule has 3 unspecified atom stereocenters. The van der Waals surface area contributed by atoms with E-state index >= 15 is 0 Å². The maximum absolute atomic E-state index is 12.8. The monoisotopic (exact) mass is 444 g/mol. The van der Waals surface area contributed by atoms with Gasteiger partial charge in [-0.3, -0.25) is 0 Å². The first kappa shape index (κ1) is 28.7. The summed E-state index contributed by atoms with van der Waals surface area (Å²) < 4.78 is 22.7. The van der Waals surface area contributed by atoms with E-state index in [2.05, 4.69) is 16.6 Å². The van der Waals surface area contributed by atoms with Gasteiger partial charge in [-0.05, 0) is 42.5 Å². The number of allylic oxidation sites excluding steroid dienone is 4. The molecule has 0 bridgehead atoms. The minimum absolute atomic E-state index is 0. The van der Waals surface area contributed by atoms with Crippen LogP contribution in [0.4, 0.5) is 4.39 Å². The Bertz CT molecular complexity index is 766. The van der Waals surface area contributed by atoms with E-state index in [9.17, 15) is 29.6 Å². The Morgan fingerprint density at radius 3 is 2.40 bits per heavy atom. The molecule has 0 radical (unpaired) electrons. The normalized spacial score (nSPS) is 14.1. The fraction of sp³-hybridized carbons (Fsp3) is 0.286. The number of halogens is 1. The molecular weight excluding hydrogens is 422 g/mol. The van der Waals surface area contributed by atoms with Crippen molar-refractivity contribution >= 4 is 5.97 Å². The Hall–Kier alpha value is -1.32. The van der Waals surface area contributed by atoms with E-state index in [1.165, 1.54) is 60.7 Å². The summed E-state index contributed by atoms with van der Waals surface area (Å²) >= 11 is 0. The maximum atomic E-state index is 12.8. The number of hydrogen-bond donors (Lipinski definition) is 3. The number of aliphatic hydroxyl groups excluding tert-OH is 3. The third kappa shape index (κ3) is 14.6. The van der Waals surface area contributed by atoms with Crippen molar-refractivity contribution in [2.45, 2.75) is 18.3 Å². The molecule has 1 aromatic carbocycles. The van der Waals surface area contributed by atoms with Crippen LogP contribution in [0.1, 0.15) is 0 Å². The fourth-order valence-electron chi connectivity index (χ4n) is 1.79. The van der Waals surface area contributed by atoms with Crippen molar-refractivity contribution < 1.29 is 90.5 Å². The second kappa shape index (κ2) is 17.4. The summed E-state index contributed by atoms with van der Waals surface area (Å²) in [5.74, 6) is 3.99. The van der Waals surface area contributed by atoms with Crippen LogP contribution in [0.2, 0.25) is 0 Å². The molecule has 1 rings (SSSR count). The summed E-state index contributed by atoms with van der Waals surface area (Å²) in [6.07, 6.45) is 5.24. The van der Waals surface area contributed by atoms with Gasteiger partial charge in [0.05, 0.1) is 19.2 Å². The summed E-state index contributed by atoms with van der Waals surface area (Å²) in [6, 6.07) is 5.43. The topological polar surface area (TPSA) is 119 Å². The van der Waals surface area contributed by atoms with Crippen molar-refractivity contribution in [3.63, 3.8) is 0 Å². The number of benzene rings is 1. The van der Waals surface area contributed by atoms with Crippen molar-refractivity contribution in [1.29, 1.82) is 0 Å². The van der Waals surface area contributed by atoms with Gasteiger partial charge in [0.15, 0.2) is 0 Å². The zero-order valence-electron chi connectivity index (χ0n) is 16.5. The standard InChI is InChI=1S/C21H23FO7.K/c22-16-9-11-18(12-10-16)29-13-17(23)7-5-3-1-2-4-6-8-19(24)20(25)14-28-15-21(26)27;/h2,4-12,17,19-20,23-25H,13-15H2,(H,26,27);/q;+1/p-1/b4-2+,7-5+,8-6+;. The molecule has 0 amide bonds. The summed E-state index contributed by atoms with van der Waals surface area (Å²) in [4.78, 5) is 10.2. The van der Waals surface area contributed by atoms with Crippen molar-refractivity contribution in [2.75, 3.05) is 19.8 Å². The van der Waals surface area contributed by atoms with Gasteiger partial charge >= 0.3 is 51.4 Å². The van der Waals surface area contributed by atoms with Gasteiger partial charge in [0, 0.05) is 0 Å². The van der Waals surface area contributed by atoms with E-state index in [0.717, 1.165) is 0 Å². The van der Waals surface area contributed by atoms with Crippen LogP contribution in [-0.2, 0) is 9.53 Å². The van der Waals surface area contributed by atoms with Crippen LogP contribution in [0.3, 0.4) is 0 Å². The van der Waals surface area contributed by atoms with Gasteiger partial charge in [-0.2, -0.15) is 0 Å². The SMILES string of the molecule is O=C([O-])COCC(O)C(O)/C=C/C=C/C#C/C=C/C(O)COc1ccc(F)cc1.[K+]. The Morgan fingerprint density at radius 1 is 1.07 bits per heavy atom. The van der Waals surface area contributed by atoms with E-state index in [-0.39, 0.29) is 70.4 Å². The Kier molecular flexibility index (Phi) is 16.6. The zero-order valence-corrected chi connectivity index (χ0v) is 19.6. The van der Waals surface area contributed by atoms with Crippen molar-refractivity contribution in [1.82, 2.24) is 0 Å². The number of aliphatic hydroxyl groups is 3. The van der Waals surface area contributed by atoms with Crippen molar-refractivity contribution in [3.05, 3.63) is 66.5 Å². The second-order valence-corrected chi connectivity index (χ2v) is 5.67. The van der Waals surface area contributed by atoms with Crippen LogP contribution in [0.15, 0.2) is 60.7 Å². The van der Waals surface area contributed by atoms with Gasteiger partial charge in [0.25, 0.3) is 0 Å². The van der Waals surface area contributed by atoms with E-state index < -0.39 is 30.9 Å². The third-order valence-corrected chi connectivity index (χ3v) is 3.22. The maximum Gasteiger partial charge on any atom is 1.00 e. The van der Waals surface area contributed by atoms with Crippen molar-refractivity contribution in [2.24, 2.45) is 0 Å². The average Bonchev–Trinajstić information content (AvgIpc) is 2.69. The molecule has 9 heteroatoms. The number of carbonyl (C=O) groups excluding carboxylic acids is 1. The van der Waals surface area contributed by atoms with Gasteiger partial charge < -0.3 is 34.7 Å². The second-order valence-electron chi connectivity index (χ2n) is 5.67. The van der Waals surface area contributed by atoms with E-state index in [4.69, 9.17) is 4.74 Å². The van der Waals surface area contributed by atoms with E-state index in [0.29, 0.717) is 5.75 Å². The first-order chi connectivity index (χ1) is 13.9. The molecule has 3 N–H and O–H groups in total. The van der Waals surface area contributed by atoms with Gasteiger partial charge in [0.1, 0.15) is 36.5 Å². The number of carbonyl (C=O) groups is 1. The number of ether oxygens (including phenoxy) is 2. The molecule has 30 heavy (non-hydrogen) atoms. The summed E-state index contributed by atoms with van der Waals surface area (Å²) in [5.41, 5.74) is 0. The predicted molar refractivity (Wildman–Crippen MR) is 101 cm³/mol. The molecule has 7 nitrogen and oxygen atoms in total. The van der Waals surface area contributed by atoms with Crippen molar-refractivity contribution in [3.8, 4) is 17.6 Å². The van der Waals surface area contributed by atoms with Gasteiger partial charge in [-0.25, -0.2) is 4.39 Å². The van der Waals surface area contributed by atoms with Gasteiger partial charge in [-0.1, -0.05) is 30.1 Å². The van der Waals surface area contributed by atoms with Crippen LogP contribution < -0.4 is 61.2 Å². The van der Waals surface area contributed by atoms with Crippen LogP contribution in [-0.4, -0.2) is 59.4 Å². The summed E-state index contributed by atoms with van der Waals surface area (Å²) in [7, 11) is 0. The molecule has 0 spiro atoms. The average molecular weight is 444 g/mol. The minimum atomic E-state index is -1.41. The number of hydrogen-bond acceptors (Lipinski definition) is 7. The number of rotatable bonds is 11. The Morgan fingerprint density at radius 2 is 1.73 bits per heavy atom. The van der Waals surface area contributed by atoms with Gasteiger partial charge in [-0.15, -0.1) is 0 Å². The quantitative estimate of drug-likeness (QED) is 0.186. The molecule has 0 heterocycles. The molecule has 1 aromatic rings. The van der Waals surface area contributed by atoms with Crippen LogP contribution in [0, 0.1) is 17.7 Å². The minimum Gasteiger partial charge on any atom is -0.548 e. The molecule has 0 aliphatic carbocycles. The molecule has 0 aromatic heterocycles. The largest absolute Gasteiger partial charge is 1.00 e. The molecule has 0 fully saturated rings. The third-order valence-electron chi connectivity index (χ3n) is 3.22. The summed E-state index contributed by atoms with van der Waals surface area (Å²) in [5, 5.41) is 39.0. The van der Waals surface area contributed by atoms with E-state index in [1.54, 1.807) is 0 Å². The number of carboxylic acids is 1. The van der Waals surface area contributed by atoms with Gasteiger partial charge in [0.2, 0.25) is 0 Å². The Balaban J connectivity index is 0.00000841. The number of aliphatic carboxylic acids is 1. The fourth-order valence-corrected chi connectivity index (χ4v) is 1.79. The molecule has 3 atom stereocenters. The summed E-state index contributed by atoms with van der Waals surface area (Å²) in [6.45, 7) is -1.01. The molecule has 0 saturated heterocycles. The van der Waals surface area contributed by atoms with Crippen LogP contribution in [0.5, 0.6) is 5.75 Å². The molecule has 156 valence electrons. The molecule has 0 aliphatic heterocycles. The van der Waals surface area contributed by atoms with E-state index in [1.807, 2.05) is 0 Å². The van der Waals surface area contributed by atoms with Crippen LogP contribution in [0.25, 0.3) is 0 Å². The predicted octanol–water partition coefficient (Wildman–Crippen LogP) is -3.27.